The summed E-state index contributed by atoms with van der Waals surface area (Å²) >= 11 is 0. The summed E-state index contributed by atoms with van der Waals surface area (Å²) < 4.78 is 17.7. The van der Waals surface area contributed by atoms with Crippen LogP contribution in [0.1, 0.15) is 60.5 Å². The zero-order valence-corrected chi connectivity index (χ0v) is 21.6. The van der Waals surface area contributed by atoms with Gasteiger partial charge in [0.25, 0.3) is 5.91 Å². The van der Waals surface area contributed by atoms with E-state index in [4.69, 9.17) is 13.9 Å². The zero-order chi connectivity index (χ0) is 26.1. The molecule has 1 aliphatic rings. The number of hydrogen-bond donors (Lipinski definition) is 0. The fourth-order valence-electron chi connectivity index (χ4n) is 4.77. The van der Waals surface area contributed by atoms with Crippen molar-refractivity contribution in [3.05, 3.63) is 99.4 Å². The van der Waals surface area contributed by atoms with E-state index in [2.05, 4.69) is 20.8 Å². The molecule has 190 valence electrons. The Morgan fingerprint density at radius 1 is 0.973 bits per heavy atom. The van der Waals surface area contributed by atoms with Gasteiger partial charge in [0.15, 0.2) is 16.9 Å². The minimum Gasteiger partial charge on any atom is -0.493 e. The first-order chi connectivity index (χ1) is 17.9. The van der Waals surface area contributed by atoms with Gasteiger partial charge in [-0.25, -0.2) is 0 Å². The fraction of sp³-hybridized carbons (Fsp3) is 0.290. The van der Waals surface area contributed by atoms with Crippen LogP contribution in [0.3, 0.4) is 0 Å². The Labute approximate surface area is 216 Å². The van der Waals surface area contributed by atoms with Gasteiger partial charge < -0.3 is 13.9 Å². The van der Waals surface area contributed by atoms with E-state index in [0.29, 0.717) is 46.2 Å². The summed E-state index contributed by atoms with van der Waals surface area (Å²) in [7, 11) is 1.59. The van der Waals surface area contributed by atoms with Gasteiger partial charge in [-0.05, 0) is 66.3 Å². The van der Waals surface area contributed by atoms with Crippen LogP contribution in [-0.4, -0.2) is 19.6 Å². The van der Waals surface area contributed by atoms with Crippen LogP contribution in [0.25, 0.3) is 11.0 Å². The minimum absolute atomic E-state index is 0.0736. The highest BCUT2D eigenvalue weighted by atomic mass is 16.5. The van der Waals surface area contributed by atoms with Gasteiger partial charge >= 0.3 is 0 Å². The fourth-order valence-corrected chi connectivity index (χ4v) is 4.77. The second-order valence-electron chi connectivity index (χ2n) is 9.71. The van der Waals surface area contributed by atoms with Gasteiger partial charge in [0.1, 0.15) is 5.58 Å². The molecular formula is C31H31NO5. The molecule has 0 N–H and O–H groups in total. The molecule has 1 aromatic heterocycles. The first-order valence-corrected chi connectivity index (χ1v) is 12.7. The number of para-hydroxylation sites is 1. The van der Waals surface area contributed by atoms with Gasteiger partial charge in [-0.1, -0.05) is 51.1 Å². The molecule has 6 nitrogen and oxygen atoms in total. The molecule has 0 fully saturated rings. The molecule has 1 amide bonds. The molecule has 0 saturated carbocycles. The Hall–Kier alpha value is -4.06. The van der Waals surface area contributed by atoms with Crippen molar-refractivity contribution in [2.75, 3.05) is 18.6 Å². The van der Waals surface area contributed by atoms with Gasteiger partial charge in [0, 0.05) is 5.69 Å². The Morgan fingerprint density at radius 2 is 1.73 bits per heavy atom. The van der Waals surface area contributed by atoms with Crippen molar-refractivity contribution in [1.82, 2.24) is 0 Å². The van der Waals surface area contributed by atoms with Crippen LogP contribution in [0.5, 0.6) is 11.5 Å². The number of carbonyl (C=O) groups excluding carboxylic acids is 1. The van der Waals surface area contributed by atoms with E-state index in [-0.39, 0.29) is 17.1 Å². The highest BCUT2D eigenvalue weighted by Gasteiger charge is 2.43. The van der Waals surface area contributed by atoms with E-state index in [9.17, 15) is 9.59 Å². The average molecular weight is 498 g/mol. The lowest BCUT2D eigenvalue weighted by Crippen LogP contribution is -2.29. The average Bonchev–Trinajstić information content (AvgIpc) is 3.21. The third kappa shape index (κ3) is 4.48. The monoisotopic (exact) mass is 497 g/mol. The summed E-state index contributed by atoms with van der Waals surface area (Å²) in [5, 5.41) is 0.447. The van der Waals surface area contributed by atoms with Crippen molar-refractivity contribution in [2.45, 2.75) is 39.7 Å². The van der Waals surface area contributed by atoms with E-state index >= 15 is 0 Å². The third-order valence-corrected chi connectivity index (χ3v) is 6.86. The molecule has 1 atom stereocenters. The van der Waals surface area contributed by atoms with Crippen molar-refractivity contribution in [2.24, 2.45) is 5.92 Å². The predicted molar refractivity (Wildman–Crippen MR) is 145 cm³/mol. The predicted octanol–water partition coefficient (Wildman–Crippen LogP) is 6.54. The van der Waals surface area contributed by atoms with Crippen LogP contribution in [0.2, 0.25) is 0 Å². The molecule has 4 aromatic rings. The lowest BCUT2D eigenvalue weighted by atomic mass is 9.97. The van der Waals surface area contributed by atoms with Crippen molar-refractivity contribution in [3.8, 4) is 11.5 Å². The first kappa shape index (κ1) is 24.6. The molecule has 0 aliphatic carbocycles. The van der Waals surface area contributed by atoms with Crippen molar-refractivity contribution in [1.29, 1.82) is 0 Å². The molecule has 3 aromatic carbocycles. The quantitative estimate of drug-likeness (QED) is 0.277. The van der Waals surface area contributed by atoms with Gasteiger partial charge in [0.2, 0.25) is 5.76 Å². The summed E-state index contributed by atoms with van der Waals surface area (Å²) in [6.45, 7) is 6.95. The van der Waals surface area contributed by atoms with Crippen LogP contribution in [-0.2, 0) is 6.42 Å². The Kier molecular flexibility index (Phi) is 6.74. The number of aryl methyl sites for hydroxylation is 1. The van der Waals surface area contributed by atoms with Crippen molar-refractivity contribution in [3.63, 3.8) is 0 Å². The normalized spacial score (nSPS) is 14.9. The van der Waals surface area contributed by atoms with E-state index < -0.39 is 6.04 Å². The Balaban J connectivity index is 1.66. The van der Waals surface area contributed by atoms with Gasteiger partial charge in [-0.15, -0.1) is 0 Å². The van der Waals surface area contributed by atoms with Crippen LogP contribution in [0, 0.1) is 5.92 Å². The molecule has 6 heteroatoms. The zero-order valence-electron chi connectivity index (χ0n) is 21.6. The smallest absolute Gasteiger partial charge is 0.295 e. The number of fused-ring (bicyclic) bond motifs is 2. The largest absolute Gasteiger partial charge is 0.493 e. The van der Waals surface area contributed by atoms with Gasteiger partial charge in [-0.2, -0.15) is 0 Å². The van der Waals surface area contributed by atoms with E-state index in [1.165, 1.54) is 0 Å². The Morgan fingerprint density at radius 3 is 2.43 bits per heavy atom. The number of anilines is 1. The number of benzene rings is 3. The standard InChI is InChI=1S/C31H31NO5/c1-5-20-10-13-22(14-11-20)32-28(21-12-15-25(26(18-21)35-4)36-17-16-19(2)3)27-29(33)23-8-6-7-9-24(23)37-30(27)31(32)34/h6-15,18-19,28H,5,16-17H2,1-4H3. The van der Waals surface area contributed by atoms with Crippen LogP contribution < -0.4 is 19.8 Å². The van der Waals surface area contributed by atoms with Gasteiger partial charge in [-0.3, -0.25) is 14.5 Å². The first-order valence-electron chi connectivity index (χ1n) is 12.7. The number of nitrogens with zero attached hydrogens (tertiary/aromatic N) is 1. The molecular weight excluding hydrogens is 466 g/mol. The summed E-state index contributed by atoms with van der Waals surface area (Å²) in [4.78, 5) is 29.2. The lowest BCUT2D eigenvalue weighted by Gasteiger charge is -2.26. The topological polar surface area (TPSA) is 69.0 Å². The maximum atomic E-state index is 13.8. The Bertz CT molecular complexity index is 1500. The molecule has 5 rings (SSSR count). The number of hydrogen-bond acceptors (Lipinski definition) is 5. The molecule has 37 heavy (non-hydrogen) atoms. The summed E-state index contributed by atoms with van der Waals surface area (Å²) in [6, 6.07) is 19.8. The van der Waals surface area contributed by atoms with E-state index in [0.717, 1.165) is 24.0 Å². The second kappa shape index (κ2) is 10.1. The number of ether oxygens (including phenoxy) is 2. The number of carbonyl (C=O) groups is 1. The third-order valence-electron chi connectivity index (χ3n) is 6.86. The lowest BCUT2D eigenvalue weighted by molar-refractivity contribution is 0.0971. The van der Waals surface area contributed by atoms with Gasteiger partial charge in [0.05, 0.1) is 30.7 Å². The maximum absolute atomic E-state index is 13.8. The molecule has 2 heterocycles. The molecule has 0 saturated heterocycles. The van der Waals surface area contributed by atoms with Crippen LogP contribution in [0.15, 0.2) is 75.9 Å². The van der Waals surface area contributed by atoms with Crippen molar-refractivity contribution < 1.29 is 18.7 Å². The summed E-state index contributed by atoms with van der Waals surface area (Å²) in [6.07, 6.45) is 1.81. The van der Waals surface area contributed by atoms with Crippen LogP contribution >= 0.6 is 0 Å². The highest BCUT2D eigenvalue weighted by Crippen LogP contribution is 2.43. The highest BCUT2D eigenvalue weighted by molar-refractivity contribution is 6.10. The molecule has 1 unspecified atom stereocenters. The minimum atomic E-state index is -0.672. The van der Waals surface area contributed by atoms with Crippen molar-refractivity contribution >= 4 is 22.6 Å². The molecule has 0 radical (unpaired) electrons. The summed E-state index contributed by atoms with van der Waals surface area (Å²) in [5.41, 5.74) is 3.11. The summed E-state index contributed by atoms with van der Waals surface area (Å²) in [5.74, 6) is 1.43. The molecule has 1 aliphatic heterocycles. The second-order valence-corrected chi connectivity index (χ2v) is 9.71. The van der Waals surface area contributed by atoms with E-state index in [1.54, 1.807) is 36.3 Å². The number of amides is 1. The van der Waals surface area contributed by atoms with Crippen LogP contribution in [0.4, 0.5) is 5.69 Å². The van der Waals surface area contributed by atoms with E-state index in [1.807, 2.05) is 42.5 Å². The molecule has 0 spiro atoms. The SMILES string of the molecule is CCc1ccc(N2C(=O)c3oc4ccccc4c(=O)c3C2c2ccc(OCCC(C)C)c(OC)c2)cc1. The maximum Gasteiger partial charge on any atom is 0.295 e. The number of rotatable bonds is 8. The molecule has 0 bridgehead atoms. The number of methoxy groups -OCH3 is 1.